The summed E-state index contributed by atoms with van der Waals surface area (Å²) < 4.78 is 0. The standard InChI is InChI=1S/C50H43N3/c1-35(49(40-22-12-5-13-23-40)44(32-33-51)36-16-6-2-7-17-36)42-30-31-43(46-25-15-14-24-45(42)46)37-26-28-41(29-27-37)50-52-47(38-18-8-3-9-19-38)34-48(53-50)39-20-10-4-11-21-39/h2-8,10,12-18,20,22-34,47H,1,9,11,19,21,51H2,(H,52,53)/b33-32-,49-44-. The Balaban J connectivity index is 1.17. The molecule has 5 aromatic rings. The third kappa shape index (κ3) is 7.07. The molecule has 3 N–H and O–H groups in total. The van der Waals surface area contributed by atoms with Crippen molar-refractivity contribution < 1.29 is 0 Å². The van der Waals surface area contributed by atoms with Crippen molar-refractivity contribution in [3.63, 3.8) is 0 Å². The van der Waals surface area contributed by atoms with Crippen LogP contribution in [-0.4, -0.2) is 11.9 Å². The molecule has 0 saturated heterocycles. The number of fused-ring (bicyclic) bond motifs is 1. The second-order valence-corrected chi connectivity index (χ2v) is 13.6. The molecule has 1 heterocycles. The number of nitrogens with one attached hydrogen (secondary N) is 1. The minimum atomic E-state index is 0.0276. The zero-order valence-electron chi connectivity index (χ0n) is 29.9. The van der Waals surface area contributed by atoms with Gasteiger partial charge in [0, 0.05) is 11.3 Å². The average molecular weight is 686 g/mol. The Morgan fingerprint density at radius 1 is 0.698 bits per heavy atom. The van der Waals surface area contributed by atoms with E-state index < -0.39 is 0 Å². The maximum atomic E-state index is 6.07. The smallest absolute Gasteiger partial charge is 0.133 e. The molecule has 0 spiro atoms. The molecule has 8 rings (SSSR count). The summed E-state index contributed by atoms with van der Waals surface area (Å²) in [6.45, 7) is 4.75. The highest BCUT2D eigenvalue weighted by molar-refractivity contribution is 6.20. The molecule has 1 aliphatic heterocycles. The average Bonchev–Trinajstić information content (AvgIpc) is 3.24. The van der Waals surface area contributed by atoms with E-state index in [1.165, 1.54) is 27.8 Å². The van der Waals surface area contributed by atoms with Crippen LogP contribution < -0.4 is 11.1 Å². The van der Waals surface area contributed by atoms with E-state index >= 15 is 0 Å². The number of nitrogens with two attached hydrogens (primary N) is 1. The molecule has 1 unspecified atom stereocenters. The first-order valence-electron chi connectivity index (χ1n) is 18.5. The zero-order valence-corrected chi connectivity index (χ0v) is 29.9. The summed E-state index contributed by atoms with van der Waals surface area (Å²) >= 11 is 0. The molecule has 3 aliphatic rings. The van der Waals surface area contributed by atoms with Gasteiger partial charge < -0.3 is 11.1 Å². The summed E-state index contributed by atoms with van der Waals surface area (Å²) in [7, 11) is 0. The number of allylic oxidation sites excluding steroid dienone is 11. The maximum Gasteiger partial charge on any atom is 0.133 e. The summed E-state index contributed by atoms with van der Waals surface area (Å²) in [6, 6.07) is 42.9. The number of amidine groups is 1. The Morgan fingerprint density at radius 3 is 2.04 bits per heavy atom. The van der Waals surface area contributed by atoms with E-state index in [1.54, 1.807) is 6.20 Å². The molecule has 53 heavy (non-hydrogen) atoms. The molecule has 3 heteroatoms. The first-order chi connectivity index (χ1) is 26.2. The highest BCUT2D eigenvalue weighted by Gasteiger charge is 2.23. The molecule has 258 valence electrons. The molecule has 1 atom stereocenters. The van der Waals surface area contributed by atoms with Crippen molar-refractivity contribution in [1.82, 2.24) is 5.32 Å². The van der Waals surface area contributed by atoms with E-state index in [-0.39, 0.29) is 6.04 Å². The molecule has 0 aromatic heterocycles. The minimum Gasteiger partial charge on any atom is -0.405 e. The predicted octanol–water partition coefficient (Wildman–Crippen LogP) is 11.8. The van der Waals surface area contributed by atoms with E-state index in [2.05, 4.69) is 157 Å². The van der Waals surface area contributed by atoms with Gasteiger partial charge in [-0.2, -0.15) is 0 Å². The van der Waals surface area contributed by atoms with Crippen molar-refractivity contribution in [3.8, 4) is 11.1 Å². The van der Waals surface area contributed by atoms with Crippen molar-refractivity contribution >= 4 is 33.3 Å². The number of hydrogen-bond donors (Lipinski definition) is 2. The van der Waals surface area contributed by atoms with Crippen LogP contribution in [0.3, 0.4) is 0 Å². The normalized spacial score (nSPS) is 17.4. The first kappa shape index (κ1) is 33.7. The van der Waals surface area contributed by atoms with Gasteiger partial charge in [-0.1, -0.05) is 164 Å². The molecule has 0 fully saturated rings. The van der Waals surface area contributed by atoms with Crippen molar-refractivity contribution in [2.45, 2.75) is 31.7 Å². The van der Waals surface area contributed by atoms with Gasteiger partial charge in [0.15, 0.2) is 0 Å². The van der Waals surface area contributed by atoms with Gasteiger partial charge in [0.1, 0.15) is 5.84 Å². The quantitative estimate of drug-likeness (QED) is 0.120. The van der Waals surface area contributed by atoms with Gasteiger partial charge in [0.25, 0.3) is 0 Å². The molecule has 0 radical (unpaired) electrons. The number of rotatable bonds is 9. The number of hydrogen-bond acceptors (Lipinski definition) is 3. The Morgan fingerprint density at radius 2 is 1.36 bits per heavy atom. The fourth-order valence-electron chi connectivity index (χ4n) is 7.65. The highest BCUT2D eigenvalue weighted by Crippen LogP contribution is 2.41. The fourth-order valence-corrected chi connectivity index (χ4v) is 7.65. The molecule has 0 bridgehead atoms. The summed E-state index contributed by atoms with van der Waals surface area (Å²) in [6.07, 6.45) is 23.4. The van der Waals surface area contributed by atoms with Crippen LogP contribution in [0.1, 0.15) is 47.9 Å². The summed E-state index contributed by atoms with van der Waals surface area (Å²) in [5, 5.41) is 6.03. The highest BCUT2D eigenvalue weighted by atomic mass is 15.0. The Bertz CT molecular complexity index is 2410. The van der Waals surface area contributed by atoms with Crippen LogP contribution in [0.5, 0.6) is 0 Å². The van der Waals surface area contributed by atoms with Crippen LogP contribution >= 0.6 is 0 Å². The van der Waals surface area contributed by atoms with Crippen LogP contribution in [0.15, 0.2) is 205 Å². The van der Waals surface area contributed by atoms with Crippen LogP contribution in [0.2, 0.25) is 0 Å². The predicted molar refractivity (Wildman–Crippen MR) is 226 cm³/mol. The van der Waals surface area contributed by atoms with E-state index in [0.717, 1.165) is 81.4 Å². The minimum absolute atomic E-state index is 0.0276. The van der Waals surface area contributed by atoms with Gasteiger partial charge in [-0.25, -0.2) is 0 Å². The SMILES string of the molecule is C=C(/C(=C(\C=C/N)c1ccccc1)c1ccccc1)c1ccc(-c2ccc(C3=NC(C4=CC=CCC4)C=C(C4=CC=CCC4)N3)cc2)c2ccccc12. The Kier molecular flexibility index (Phi) is 9.80. The van der Waals surface area contributed by atoms with Crippen LogP contribution in [-0.2, 0) is 0 Å². The van der Waals surface area contributed by atoms with Crippen molar-refractivity contribution in [3.05, 3.63) is 222 Å². The lowest BCUT2D eigenvalue weighted by Crippen LogP contribution is -2.32. The van der Waals surface area contributed by atoms with Gasteiger partial charge in [-0.3, -0.25) is 4.99 Å². The largest absolute Gasteiger partial charge is 0.405 e. The summed E-state index contributed by atoms with van der Waals surface area (Å²) in [4.78, 5) is 5.25. The lowest BCUT2D eigenvalue weighted by molar-refractivity contribution is 0.798. The van der Waals surface area contributed by atoms with Crippen LogP contribution in [0.25, 0.3) is 38.6 Å². The fraction of sp³-hybridized carbons (Fsp3) is 0.100. The van der Waals surface area contributed by atoms with Gasteiger partial charge in [-0.05, 0) is 110 Å². The summed E-state index contributed by atoms with van der Waals surface area (Å²) in [5.74, 6) is 0.919. The van der Waals surface area contributed by atoms with Crippen molar-refractivity contribution in [1.29, 1.82) is 0 Å². The van der Waals surface area contributed by atoms with Crippen LogP contribution in [0.4, 0.5) is 0 Å². The van der Waals surface area contributed by atoms with E-state index in [0.29, 0.717) is 0 Å². The topological polar surface area (TPSA) is 50.4 Å². The van der Waals surface area contributed by atoms with E-state index in [9.17, 15) is 0 Å². The third-order valence-corrected chi connectivity index (χ3v) is 10.3. The van der Waals surface area contributed by atoms with Gasteiger partial charge in [0.05, 0.1) is 6.04 Å². The number of aliphatic imine (C=N–C) groups is 1. The molecule has 5 aromatic carbocycles. The third-order valence-electron chi connectivity index (χ3n) is 10.3. The Labute approximate surface area is 313 Å². The second-order valence-electron chi connectivity index (χ2n) is 13.6. The van der Waals surface area contributed by atoms with Crippen molar-refractivity contribution in [2.24, 2.45) is 10.7 Å². The number of nitrogens with zero attached hydrogens (tertiary/aromatic N) is 1. The van der Waals surface area contributed by atoms with Gasteiger partial charge >= 0.3 is 0 Å². The molecular formula is C50H43N3. The van der Waals surface area contributed by atoms with Crippen molar-refractivity contribution in [2.75, 3.05) is 0 Å². The van der Waals surface area contributed by atoms with Crippen LogP contribution in [0, 0.1) is 0 Å². The molecular weight excluding hydrogens is 643 g/mol. The van der Waals surface area contributed by atoms with Gasteiger partial charge in [0.2, 0.25) is 0 Å². The monoisotopic (exact) mass is 685 g/mol. The molecule has 0 saturated carbocycles. The first-order valence-corrected chi connectivity index (χ1v) is 18.5. The van der Waals surface area contributed by atoms with E-state index in [1.807, 2.05) is 18.2 Å². The molecule has 3 nitrogen and oxygen atoms in total. The lowest BCUT2D eigenvalue weighted by Gasteiger charge is -2.26. The maximum absolute atomic E-state index is 6.07. The Hall–Kier alpha value is -6.45. The lowest BCUT2D eigenvalue weighted by atomic mass is 9.84. The summed E-state index contributed by atoms with van der Waals surface area (Å²) in [5.41, 5.74) is 19.6. The zero-order chi connectivity index (χ0) is 36.0. The molecule has 0 amide bonds. The van der Waals surface area contributed by atoms with Gasteiger partial charge in [-0.15, -0.1) is 0 Å². The number of benzene rings is 5. The second kappa shape index (κ2) is 15.4. The van der Waals surface area contributed by atoms with E-state index in [4.69, 9.17) is 17.3 Å². The molecule has 2 aliphatic carbocycles.